The molecule has 0 bridgehead atoms. The first-order valence-electron chi connectivity index (χ1n) is 10.2. The number of thioether (sulfide) groups is 1. The highest BCUT2D eigenvalue weighted by atomic mass is 79.9. The molecule has 9 heteroatoms. The number of hydrogen-bond acceptors (Lipinski definition) is 6. The maximum Gasteiger partial charge on any atom is 0.224 e. The third-order valence-electron chi connectivity index (χ3n) is 5.02. The summed E-state index contributed by atoms with van der Waals surface area (Å²) in [4.78, 5) is 16.6. The number of carbonyl (C=O) groups excluding carboxylic acids is 1. The van der Waals surface area contributed by atoms with E-state index in [4.69, 9.17) is 0 Å². The van der Waals surface area contributed by atoms with Gasteiger partial charge in [0.2, 0.25) is 5.91 Å². The molecule has 2 aromatic heterocycles. The fourth-order valence-corrected chi connectivity index (χ4v) is 4.69. The van der Waals surface area contributed by atoms with E-state index >= 15 is 0 Å². The summed E-state index contributed by atoms with van der Waals surface area (Å²) in [7, 11) is 0. The van der Waals surface area contributed by atoms with Crippen LogP contribution in [0.3, 0.4) is 0 Å². The fraction of sp³-hybridized carbons (Fsp3) is 0.318. The number of fused-ring (bicyclic) bond motifs is 1. The molecule has 0 radical (unpaired) electrons. The summed E-state index contributed by atoms with van der Waals surface area (Å²) >= 11 is 5.27. The summed E-state index contributed by atoms with van der Waals surface area (Å²) in [5, 5.41) is 23.1. The Labute approximate surface area is 193 Å². The lowest BCUT2D eigenvalue weighted by Crippen LogP contribution is -2.24. The number of unbranched alkanes of at least 4 members (excludes halogenated alkanes) is 1. The van der Waals surface area contributed by atoms with Crippen LogP contribution in [0.2, 0.25) is 0 Å². The Kier molecular flexibility index (Phi) is 7.14. The lowest BCUT2D eigenvalue weighted by Gasteiger charge is -2.12. The molecule has 162 valence electrons. The average molecular weight is 502 g/mol. The van der Waals surface area contributed by atoms with Crippen molar-refractivity contribution in [2.75, 3.05) is 24.2 Å². The molecule has 3 N–H and O–H groups in total. The number of nitrogens with zero attached hydrogens (tertiary/aromatic N) is 3. The predicted octanol–water partition coefficient (Wildman–Crippen LogP) is 4.58. The molecule has 0 unspecified atom stereocenters. The van der Waals surface area contributed by atoms with Crippen LogP contribution in [-0.2, 0) is 4.79 Å². The van der Waals surface area contributed by atoms with Crippen molar-refractivity contribution < 1.29 is 9.90 Å². The molecule has 3 heterocycles. The highest BCUT2D eigenvalue weighted by Gasteiger charge is 2.13. The predicted molar refractivity (Wildman–Crippen MR) is 128 cm³/mol. The van der Waals surface area contributed by atoms with E-state index in [1.54, 1.807) is 34.6 Å². The molecule has 1 aliphatic rings. The Balaban J connectivity index is 1.34. The smallest absolute Gasteiger partial charge is 0.224 e. The topological polar surface area (TPSA) is 91.5 Å². The summed E-state index contributed by atoms with van der Waals surface area (Å²) in [5.41, 5.74) is 3.24. The molecule has 7 nitrogen and oxygen atoms in total. The standard InChI is InChI=1S/C22H24BrN5O2S/c23-17-13-26-28-20(12-18(27-22(17)28)16-5-1-2-6-19(16)29)24-8-3-4-9-25-21(30)11-15-7-10-31-14-15/h1-2,5-6,12-14,24,29H,3-4,7-11H2,(H,25,30). The summed E-state index contributed by atoms with van der Waals surface area (Å²) in [6, 6.07) is 9.03. The number of halogens is 1. The molecule has 0 spiro atoms. The Hall–Kier alpha value is -2.52. The van der Waals surface area contributed by atoms with Crippen LogP contribution in [0, 0.1) is 0 Å². The van der Waals surface area contributed by atoms with Crippen molar-refractivity contribution in [2.45, 2.75) is 25.7 Å². The monoisotopic (exact) mass is 501 g/mol. The highest BCUT2D eigenvalue weighted by molar-refractivity contribution is 9.10. The minimum atomic E-state index is 0.103. The Morgan fingerprint density at radius 3 is 2.90 bits per heavy atom. The third kappa shape index (κ3) is 5.40. The van der Waals surface area contributed by atoms with Crippen molar-refractivity contribution in [3.63, 3.8) is 0 Å². The van der Waals surface area contributed by atoms with Crippen molar-refractivity contribution in [1.29, 1.82) is 0 Å². The van der Waals surface area contributed by atoms with Crippen molar-refractivity contribution in [1.82, 2.24) is 19.9 Å². The third-order valence-corrected chi connectivity index (χ3v) is 6.52. The Bertz CT molecular complexity index is 1110. The van der Waals surface area contributed by atoms with E-state index < -0.39 is 0 Å². The van der Waals surface area contributed by atoms with Gasteiger partial charge in [-0.1, -0.05) is 17.7 Å². The highest BCUT2D eigenvalue weighted by Crippen LogP contribution is 2.31. The minimum absolute atomic E-state index is 0.103. The lowest BCUT2D eigenvalue weighted by atomic mass is 10.1. The molecular formula is C22H24BrN5O2S. The maximum atomic E-state index is 12.0. The number of phenolic OH excluding ortho intramolecular Hbond substituents is 1. The number of carbonyl (C=O) groups is 1. The maximum absolute atomic E-state index is 12.0. The molecule has 0 atom stereocenters. The number of anilines is 1. The molecule has 31 heavy (non-hydrogen) atoms. The van der Waals surface area contributed by atoms with Gasteiger partial charge in [-0.15, -0.1) is 11.8 Å². The second-order valence-corrected chi connectivity index (χ2v) is 9.16. The molecule has 3 aromatic rings. The zero-order valence-electron chi connectivity index (χ0n) is 17.0. The fourth-order valence-electron chi connectivity index (χ4n) is 3.41. The first-order chi connectivity index (χ1) is 15.1. The molecule has 0 fully saturated rings. The molecule has 1 aliphatic heterocycles. The number of aromatic hydroxyl groups is 1. The van der Waals surface area contributed by atoms with E-state index in [0.29, 0.717) is 29.9 Å². The van der Waals surface area contributed by atoms with Crippen molar-refractivity contribution in [3.8, 4) is 17.0 Å². The minimum Gasteiger partial charge on any atom is -0.507 e. The molecule has 1 aromatic carbocycles. The van der Waals surface area contributed by atoms with E-state index in [1.807, 2.05) is 18.2 Å². The lowest BCUT2D eigenvalue weighted by molar-refractivity contribution is -0.120. The molecule has 0 saturated heterocycles. The number of phenols is 1. The van der Waals surface area contributed by atoms with E-state index in [1.165, 1.54) is 5.57 Å². The number of rotatable bonds is 9. The van der Waals surface area contributed by atoms with Crippen LogP contribution >= 0.6 is 27.7 Å². The van der Waals surface area contributed by atoms with Gasteiger partial charge in [-0.05, 0) is 52.7 Å². The zero-order valence-corrected chi connectivity index (χ0v) is 19.4. The Morgan fingerprint density at radius 1 is 1.26 bits per heavy atom. The van der Waals surface area contributed by atoms with Gasteiger partial charge in [-0.2, -0.15) is 9.61 Å². The number of nitrogens with one attached hydrogen (secondary N) is 2. The quantitative estimate of drug-likeness (QED) is 0.371. The second-order valence-electron chi connectivity index (χ2n) is 7.33. The molecular weight excluding hydrogens is 478 g/mol. The van der Waals surface area contributed by atoms with Gasteiger partial charge in [0.25, 0.3) is 0 Å². The number of amides is 1. The van der Waals surface area contributed by atoms with E-state index in [-0.39, 0.29) is 11.7 Å². The number of para-hydroxylation sites is 1. The summed E-state index contributed by atoms with van der Waals surface area (Å²) in [6.07, 6.45) is 5.03. The van der Waals surface area contributed by atoms with Crippen LogP contribution in [0.5, 0.6) is 5.75 Å². The van der Waals surface area contributed by atoms with Crippen LogP contribution in [0.1, 0.15) is 25.7 Å². The van der Waals surface area contributed by atoms with E-state index in [9.17, 15) is 9.90 Å². The van der Waals surface area contributed by atoms with Crippen LogP contribution in [-0.4, -0.2) is 44.5 Å². The normalized spacial score (nSPS) is 13.4. The van der Waals surface area contributed by atoms with Gasteiger partial charge in [-0.3, -0.25) is 4.79 Å². The van der Waals surface area contributed by atoms with Crippen molar-refractivity contribution in [3.05, 3.63) is 52.0 Å². The van der Waals surface area contributed by atoms with Crippen LogP contribution in [0.25, 0.3) is 16.9 Å². The van der Waals surface area contributed by atoms with Gasteiger partial charge < -0.3 is 15.7 Å². The van der Waals surface area contributed by atoms with Crippen LogP contribution in [0.15, 0.2) is 52.0 Å². The molecule has 1 amide bonds. The van der Waals surface area contributed by atoms with Crippen molar-refractivity contribution >= 4 is 45.1 Å². The van der Waals surface area contributed by atoms with Gasteiger partial charge in [-0.25, -0.2) is 4.98 Å². The van der Waals surface area contributed by atoms with Gasteiger partial charge in [0.05, 0.1) is 16.4 Å². The summed E-state index contributed by atoms with van der Waals surface area (Å²) in [6.45, 7) is 1.40. The second kappa shape index (κ2) is 10.2. The van der Waals surface area contributed by atoms with Crippen LogP contribution < -0.4 is 10.6 Å². The number of aromatic nitrogens is 3. The SMILES string of the molecule is O=C(CC1=CSCC1)NCCCCNc1cc(-c2ccccc2O)nc2c(Br)cnn12. The summed E-state index contributed by atoms with van der Waals surface area (Å²) < 4.78 is 2.52. The van der Waals surface area contributed by atoms with Crippen molar-refractivity contribution in [2.24, 2.45) is 0 Å². The largest absolute Gasteiger partial charge is 0.507 e. The number of hydrogen-bond donors (Lipinski definition) is 3. The Morgan fingerprint density at radius 2 is 2.10 bits per heavy atom. The average Bonchev–Trinajstić information content (AvgIpc) is 3.41. The molecule has 0 aliphatic carbocycles. The molecule has 0 saturated carbocycles. The van der Waals surface area contributed by atoms with E-state index in [0.717, 1.165) is 41.9 Å². The van der Waals surface area contributed by atoms with Gasteiger partial charge in [0.1, 0.15) is 11.6 Å². The van der Waals surface area contributed by atoms with Gasteiger partial charge >= 0.3 is 0 Å². The van der Waals surface area contributed by atoms with E-state index in [2.05, 4.69) is 42.1 Å². The first-order valence-corrected chi connectivity index (χ1v) is 12.1. The molecule has 4 rings (SSSR count). The van der Waals surface area contributed by atoms with Crippen LogP contribution in [0.4, 0.5) is 5.82 Å². The van der Waals surface area contributed by atoms with Gasteiger partial charge in [0, 0.05) is 36.9 Å². The van der Waals surface area contributed by atoms with Gasteiger partial charge in [0.15, 0.2) is 5.65 Å². The first kappa shape index (κ1) is 21.7. The summed E-state index contributed by atoms with van der Waals surface area (Å²) in [5.74, 6) is 2.17. The number of benzene rings is 1. The zero-order chi connectivity index (χ0) is 21.6.